The number of sulfone groups is 1. The van der Waals surface area contributed by atoms with E-state index in [1.807, 2.05) is 6.07 Å². The summed E-state index contributed by atoms with van der Waals surface area (Å²) in [5.74, 6) is 1.16. The van der Waals surface area contributed by atoms with Crippen LogP contribution in [-0.2, 0) is 16.4 Å². The van der Waals surface area contributed by atoms with Crippen molar-refractivity contribution >= 4 is 21.6 Å². The van der Waals surface area contributed by atoms with Crippen molar-refractivity contribution in [3.05, 3.63) is 35.7 Å². The van der Waals surface area contributed by atoms with Gasteiger partial charge >= 0.3 is 0 Å². The van der Waals surface area contributed by atoms with E-state index in [0.717, 1.165) is 5.56 Å². The van der Waals surface area contributed by atoms with Gasteiger partial charge in [-0.1, -0.05) is 23.9 Å². The summed E-state index contributed by atoms with van der Waals surface area (Å²) >= 11 is 1.32. The molecule has 2 aromatic rings. The van der Waals surface area contributed by atoms with Gasteiger partial charge in [-0.15, -0.1) is 5.10 Å². The van der Waals surface area contributed by atoms with Crippen molar-refractivity contribution in [1.29, 1.82) is 0 Å². The summed E-state index contributed by atoms with van der Waals surface area (Å²) in [7, 11) is -3.30. The number of nitrogens with one attached hydrogen (secondary N) is 1. The third-order valence-corrected chi connectivity index (χ3v) is 5.47. The van der Waals surface area contributed by atoms with Gasteiger partial charge in [0.25, 0.3) is 0 Å². The molecule has 8 heteroatoms. The molecule has 0 aliphatic heterocycles. The molecule has 0 spiro atoms. The Balaban J connectivity index is 2.00. The quantitative estimate of drug-likeness (QED) is 0.776. The molecule has 2 rings (SSSR count). The Bertz CT molecular complexity index is 682. The fraction of sp³-hybridized carbons (Fsp3) is 0.333. The second-order valence-electron chi connectivity index (χ2n) is 4.22. The number of aromatic amines is 1. The Morgan fingerprint density at radius 2 is 2.20 bits per heavy atom. The van der Waals surface area contributed by atoms with Crippen molar-refractivity contribution in [1.82, 2.24) is 15.2 Å². The van der Waals surface area contributed by atoms with Crippen molar-refractivity contribution in [2.45, 2.75) is 23.5 Å². The van der Waals surface area contributed by atoms with Crippen LogP contribution in [0, 0.1) is 6.92 Å². The van der Waals surface area contributed by atoms with Crippen molar-refractivity contribution in [3.8, 4) is 0 Å². The lowest BCUT2D eigenvalue weighted by molar-refractivity contribution is 0.597. The summed E-state index contributed by atoms with van der Waals surface area (Å²) < 4.78 is 24.4. The molecule has 0 fully saturated rings. The summed E-state index contributed by atoms with van der Waals surface area (Å²) in [5, 5.41) is 7.23. The molecular weight excluding hydrogens is 296 g/mol. The van der Waals surface area contributed by atoms with E-state index in [2.05, 4.69) is 15.2 Å². The van der Waals surface area contributed by atoms with Crippen LogP contribution in [0.3, 0.4) is 0 Å². The Kier molecular flexibility index (Phi) is 4.79. The fourth-order valence-corrected chi connectivity index (χ4v) is 4.17. The molecule has 0 atom stereocenters. The smallest absolute Gasteiger partial charge is 0.208 e. The highest BCUT2D eigenvalue weighted by atomic mass is 32.2. The van der Waals surface area contributed by atoms with E-state index in [4.69, 9.17) is 5.73 Å². The Morgan fingerprint density at radius 3 is 2.85 bits per heavy atom. The highest BCUT2D eigenvalue weighted by molar-refractivity contribution is 8.00. The highest BCUT2D eigenvalue weighted by Crippen LogP contribution is 2.17. The van der Waals surface area contributed by atoms with Gasteiger partial charge in [-0.2, -0.15) is 0 Å². The van der Waals surface area contributed by atoms with E-state index >= 15 is 0 Å². The van der Waals surface area contributed by atoms with Gasteiger partial charge in [-0.3, -0.25) is 5.10 Å². The van der Waals surface area contributed by atoms with E-state index in [1.165, 1.54) is 11.8 Å². The number of thioether (sulfide) groups is 1. The molecular formula is C12H16N4O2S2. The van der Waals surface area contributed by atoms with Gasteiger partial charge in [0.2, 0.25) is 5.16 Å². The Labute approximate surface area is 122 Å². The number of nitrogens with zero attached hydrogens (tertiary/aromatic N) is 2. The molecule has 0 saturated heterocycles. The summed E-state index contributed by atoms with van der Waals surface area (Å²) in [6, 6.07) is 6.73. The summed E-state index contributed by atoms with van der Waals surface area (Å²) in [4.78, 5) is 4.43. The van der Waals surface area contributed by atoms with E-state index in [-0.39, 0.29) is 5.75 Å². The first-order valence-corrected chi connectivity index (χ1v) is 8.68. The lowest BCUT2D eigenvalue weighted by Crippen LogP contribution is -2.10. The third kappa shape index (κ3) is 3.81. The minimum Gasteiger partial charge on any atom is -0.326 e. The SMILES string of the molecule is Cc1nc(SCCS(=O)(=O)c2cccc(CN)c2)n[nH]1. The Morgan fingerprint density at radius 1 is 1.40 bits per heavy atom. The van der Waals surface area contributed by atoms with Gasteiger partial charge in [0.15, 0.2) is 9.84 Å². The summed E-state index contributed by atoms with van der Waals surface area (Å²) in [6.07, 6.45) is 0. The molecule has 0 radical (unpaired) electrons. The van der Waals surface area contributed by atoms with E-state index < -0.39 is 9.84 Å². The van der Waals surface area contributed by atoms with Gasteiger partial charge < -0.3 is 5.73 Å². The van der Waals surface area contributed by atoms with Crippen LogP contribution in [-0.4, -0.2) is 35.1 Å². The number of hydrogen-bond donors (Lipinski definition) is 2. The van der Waals surface area contributed by atoms with Gasteiger partial charge in [0.1, 0.15) is 5.82 Å². The first-order valence-electron chi connectivity index (χ1n) is 6.05. The molecule has 3 N–H and O–H groups in total. The average Bonchev–Trinajstić information content (AvgIpc) is 2.84. The van der Waals surface area contributed by atoms with Crippen molar-refractivity contribution < 1.29 is 8.42 Å². The third-order valence-electron chi connectivity index (χ3n) is 2.65. The number of benzene rings is 1. The van der Waals surface area contributed by atoms with Crippen molar-refractivity contribution in [3.63, 3.8) is 0 Å². The van der Waals surface area contributed by atoms with Crippen LogP contribution < -0.4 is 5.73 Å². The summed E-state index contributed by atoms with van der Waals surface area (Å²) in [5.41, 5.74) is 6.33. The minimum absolute atomic E-state index is 0.0410. The van der Waals surface area contributed by atoms with Crippen LogP contribution in [0.25, 0.3) is 0 Å². The van der Waals surface area contributed by atoms with E-state index in [9.17, 15) is 8.42 Å². The maximum Gasteiger partial charge on any atom is 0.208 e. The van der Waals surface area contributed by atoms with Gasteiger partial charge in [0, 0.05) is 12.3 Å². The fourth-order valence-electron chi connectivity index (χ4n) is 1.61. The second kappa shape index (κ2) is 6.38. The van der Waals surface area contributed by atoms with E-state index in [1.54, 1.807) is 25.1 Å². The predicted molar refractivity (Wildman–Crippen MR) is 78.2 cm³/mol. The molecule has 1 heterocycles. The molecule has 0 aliphatic carbocycles. The maximum atomic E-state index is 12.2. The maximum absolute atomic E-state index is 12.2. The van der Waals surface area contributed by atoms with Crippen LogP contribution in [0.2, 0.25) is 0 Å². The lowest BCUT2D eigenvalue weighted by Gasteiger charge is -2.05. The molecule has 0 unspecified atom stereocenters. The molecule has 0 aliphatic rings. The predicted octanol–water partition coefficient (Wildman–Crippen LogP) is 1.14. The molecule has 20 heavy (non-hydrogen) atoms. The zero-order valence-electron chi connectivity index (χ0n) is 11.0. The number of H-pyrrole nitrogens is 1. The number of aryl methyl sites for hydroxylation is 1. The lowest BCUT2D eigenvalue weighted by atomic mass is 10.2. The minimum atomic E-state index is -3.30. The standard InChI is InChI=1S/C12H16N4O2S2/c1-9-14-12(16-15-9)19-5-6-20(17,18)11-4-2-3-10(7-11)8-13/h2-4,7H,5-6,8,13H2,1H3,(H,14,15,16). The number of rotatable bonds is 6. The molecule has 0 saturated carbocycles. The topological polar surface area (TPSA) is 102 Å². The first-order chi connectivity index (χ1) is 9.51. The van der Waals surface area contributed by atoms with Crippen LogP contribution in [0.1, 0.15) is 11.4 Å². The monoisotopic (exact) mass is 312 g/mol. The number of aromatic nitrogens is 3. The Hall–Kier alpha value is -1.38. The molecule has 0 bridgehead atoms. The first kappa shape index (κ1) is 15.0. The second-order valence-corrected chi connectivity index (χ2v) is 7.39. The van der Waals surface area contributed by atoms with Crippen molar-refractivity contribution in [2.75, 3.05) is 11.5 Å². The molecule has 6 nitrogen and oxygen atoms in total. The zero-order valence-corrected chi connectivity index (χ0v) is 12.7. The zero-order chi connectivity index (χ0) is 14.6. The molecule has 108 valence electrons. The number of hydrogen-bond acceptors (Lipinski definition) is 6. The normalized spacial score (nSPS) is 11.7. The van der Waals surface area contributed by atoms with Gasteiger partial charge in [-0.25, -0.2) is 13.4 Å². The van der Waals surface area contributed by atoms with Crippen molar-refractivity contribution in [2.24, 2.45) is 5.73 Å². The average molecular weight is 312 g/mol. The van der Waals surface area contributed by atoms with Crippen LogP contribution in [0.5, 0.6) is 0 Å². The van der Waals surface area contributed by atoms with Gasteiger partial charge in [-0.05, 0) is 24.6 Å². The molecule has 0 amide bonds. The highest BCUT2D eigenvalue weighted by Gasteiger charge is 2.15. The largest absolute Gasteiger partial charge is 0.326 e. The summed E-state index contributed by atoms with van der Waals surface area (Å²) in [6.45, 7) is 2.13. The number of nitrogens with two attached hydrogens (primary N) is 1. The molecule has 1 aromatic carbocycles. The van der Waals surface area contributed by atoms with Crippen LogP contribution in [0.4, 0.5) is 0 Å². The van der Waals surface area contributed by atoms with E-state index in [0.29, 0.717) is 28.2 Å². The van der Waals surface area contributed by atoms with Gasteiger partial charge in [0.05, 0.1) is 10.6 Å². The van der Waals surface area contributed by atoms with Crippen LogP contribution >= 0.6 is 11.8 Å². The van der Waals surface area contributed by atoms with Crippen LogP contribution in [0.15, 0.2) is 34.3 Å². The molecule has 1 aromatic heterocycles.